The Morgan fingerprint density at radius 1 is 0.950 bits per heavy atom. The van der Waals surface area contributed by atoms with Crippen LogP contribution in [-0.2, 0) is 6.61 Å². The second-order valence-electron chi connectivity index (χ2n) is 8.88. The van der Waals surface area contributed by atoms with Crippen LogP contribution < -0.4 is 15.0 Å². The molecule has 7 nitrogen and oxygen atoms in total. The smallest absolute Gasteiger partial charge is 0.282 e. The van der Waals surface area contributed by atoms with Crippen LogP contribution in [-0.4, -0.2) is 23.0 Å². The highest BCUT2D eigenvalue weighted by molar-refractivity contribution is 6.32. The number of benzene rings is 4. The van der Waals surface area contributed by atoms with Crippen molar-refractivity contribution < 1.29 is 13.9 Å². The molecule has 0 aliphatic heterocycles. The van der Waals surface area contributed by atoms with Crippen LogP contribution in [0.15, 0.2) is 105 Å². The fraction of sp³-hybridized carbons (Fsp3) is 0.0645. The zero-order chi connectivity index (χ0) is 27.6. The molecule has 0 N–H and O–H groups in total. The van der Waals surface area contributed by atoms with E-state index in [0.717, 1.165) is 10.9 Å². The first kappa shape index (κ1) is 25.7. The quantitative estimate of drug-likeness (QED) is 0.185. The monoisotopic (exact) mass is 569 g/mol. The van der Waals surface area contributed by atoms with Gasteiger partial charge in [0, 0.05) is 16.0 Å². The third kappa shape index (κ3) is 4.93. The van der Waals surface area contributed by atoms with Gasteiger partial charge < -0.3 is 13.9 Å². The number of ether oxygens (including phenoxy) is 2. The number of furan rings is 1. The van der Waals surface area contributed by atoms with Crippen molar-refractivity contribution in [3.63, 3.8) is 0 Å². The first-order valence-electron chi connectivity index (χ1n) is 12.3. The topological polar surface area (TPSA) is 78.9 Å². The van der Waals surface area contributed by atoms with E-state index in [1.807, 2.05) is 54.6 Å². The Balaban J connectivity index is 1.40. The minimum absolute atomic E-state index is 0.211. The third-order valence-electron chi connectivity index (χ3n) is 6.30. The van der Waals surface area contributed by atoms with E-state index in [4.69, 9.17) is 42.1 Å². The highest BCUT2D eigenvalue weighted by atomic mass is 35.5. The van der Waals surface area contributed by atoms with Crippen LogP contribution in [0.5, 0.6) is 11.5 Å². The van der Waals surface area contributed by atoms with E-state index in [0.29, 0.717) is 49.4 Å². The lowest BCUT2D eigenvalue weighted by Gasteiger charge is -2.14. The summed E-state index contributed by atoms with van der Waals surface area (Å²) in [6, 6.07) is 27.3. The molecule has 2 aromatic heterocycles. The zero-order valence-corrected chi connectivity index (χ0v) is 22.7. The van der Waals surface area contributed by atoms with E-state index in [9.17, 15) is 4.79 Å². The number of methoxy groups -OCH3 is 1. The molecule has 0 unspecified atom stereocenters. The van der Waals surface area contributed by atoms with Crippen LogP contribution in [0.4, 0.5) is 0 Å². The van der Waals surface area contributed by atoms with Gasteiger partial charge in [0.2, 0.25) is 5.82 Å². The molecule has 40 heavy (non-hydrogen) atoms. The molecule has 0 atom stereocenters. The Bertz CT molecular complexity index is 1930. The molecule has 0 aliphatic carbocycles. The summed E-state index contributed by atoms with van der Waals surface area (Å²) in [7, 11) is 1.52. The van der Waals surface area contributed by atoms with Crippen molar-refractivity contribution in [1.82, 2.24) is 9.66 Å². The van der Waals surface area contributed by atoms with Crippen molar-refractivity contribution in [3.05, 3.63) is 123 Å². The number of para-hydroxylation sites is 2. The van der Waals surface area contributed by atoms with Gasteiger partial charge in [-0.1, -0.05) is 71.7 Å². The third-order valence-corrected chi connectivity index (χ3v) is 6.95. The lowest BCUT2D eigenvalue weighted by Crippen LogP contribution is -2.20. The molecule has 6 rings (SSSR count). The van der Waals surface area contributed by atoms with Gasteiger partial charge in [-0.05, 0) is 48.0 Å². The van der Waals surface area contributed by atoms with E-state index in [1.165, 1.54) is 18.0 Å². The van der Waals surface area contributed by atoms with Crippen molar-refractivity contribution in [2.24, 2.45) is 5.10 Å². The summed E-state index contributed by atoms with van der Waals surface area (Å²) < 4.78 is 18.8. The number of nitrogens with zero attached hydrogens (tertiary/aromatic N) is 3. The molecule has 6 aromatic rings. The predicted molar refractivity (Wildman–Crippen MR) is 158 cm³/mol. The van der Waals surface area contributed by atoms with Gasteiger partial charge in [-0.2, -0.15) is 9.78 Å². The molecular formula is C31H21Cl2N3O4. The maximum absolute atomic E-state index is 13.5. The van der Waals surface area contributed by atoms with Gasteiger partial charge >= 0.3 is 0 Å². The van der Waals surface area contributed by atoms with Crippen LogP contribution in [0.1, 0.15) is 11.1 Å². The van der Waals surface area contributed by atoms with Crippen LogP contribution in [0.25, 0.3) is 33.5 Å². The molecule has 0 bridgehead atoms. The summed E-state index contributed by atoms with van der Waals surface area (Å²) in [6.07, 6.45) is 1.51. The number of fused-ring (bicyclic) bond motifs is 2. The number of hydrogen-bond acceptors (Lipinski definition) is 6. The van der Waals surface area contributed by atoms with Gasteiger partial charge in [0.25, 0.3) is 5.56 Å². The van der Waals surface area contributed by atoms with Gasteiger partial charge in [-0.25, -0.2) is 4.98 Å². The standard InChI is InChI=1S/C31H21Cl2N3O4/c1-38-27-15-19(14-24(33)29(27)39-18-21-9-2-5-11-23(21)32)17-34-36-30(28-16-20-8-3-7-13-26(20)40-28)35-25-12-6-4-10-22(25)31(36)37/h2-17H,18H2,1H3. The van der Waals surface area contributed by atoms with E-state index >= 15 is 0 Å². The van der Waals surface area contributed by atoms with E-state index in [-0.39, 0.29) is 18.0 Å². The number of rotatable bonds is 7. The van der Waals surface area contributed by atoms with Gasteiger partial charge in [-0.3, -0.25) is 4.79 Å². The molecule has 4 aromatic carbocycles. The molecule has 0 radical (unpaired) electrons. The Morgan fingerprint density at radius 3 is 2.55 bits per heavy atom. The highest BCUT2D eigenvalue weighted by Crippen LogP contribution is 2.37. The molecule has 198 valence electrons. The van der Waals surface area contributed by atoms with Gasteiger partial charge in [0.05, 0.1) is 29.2 Å². The van der Waals surface area contributed by atoms with Gasteiger partial charge in [0.1, 0.15) is 12.2 Å². The summed E-state index contributed by atoms with van der Waals surface area (Å²) in [5, 5.41) is 6.73. The molecule has 0 saturated heterocycles. The molecule has 0 fully saturated rings. The maximum atomic E-state index is 13.5. The van der Waals surface area contributed by atoms with Crippen molar-refractivity contribution in [2.75, 3.05) is 7.11 Å². The summed E-state index contributed by atoms with van der Waals surface area (Å²) in [6.45, 7) is 0.211. The normalized spacial score (nSPS) is 11.5. The second kappa shape index (κ2) is 10.9. The fourth-order valence-corrected chi connectivity index (χ4v) is 4.79. The van der Waals surface area contributed by atoms with Crippen molar-refractivity contribution in [2.45, 2.75) is 6.61 Å². The second-order valence-corrected chi connectivity index (χ2v) is 9.69. The lowest BCUT2D eigenvalue weighted by atomic mass is 10.2. The number of halogens is 2. The Morgan fingerprint density at radius 2 is 1.73 bits per heavy atom. The van der Waals surface area contributed by atoms with Gasteiger partial charge in [0.15, 0.2) is 17.3 Å². The lowest BCUT2D eigenvalue weighted by molar-refractivity contribution is 0.285. The zero-order valence-electron chi connectivity index (χ0n) is 21.2. The summed E-state index contributed by atoms with van der Waals surface area (Å²) in [5.41, 5.74) is 2.28. The minimum Gasteiger partial charge on any atom is -0.493 e. The first-order valence-corrected chi connectivity index (χ1v) is 13.1. The summed E-state index contributed by atoms with van der Waals surface area (Å²) >= 11 is 12.8. The molecule has 9 heteroatoms. The molecule has 2 heterocycles. The summed E-state index contributed by atoms with van der Waals surface area (Å²) in [5.74, 6) is 1.46. The Labute approximate surface area is 238 Å². The van der Waals surface area contributed by atoms with Crippen molar-refractivity contribution in [1.29, 1.82) is 0 Å². The number of aromatic nitrogens is 2. The van der Waals surface area contributed by atoms with Crippen LogP contribution in [0.2, 0.25) is 10.0 Å². The summed E-state index contributed by atoms with van der Waals surface area (Å²) in [4.78, 5) is 18.2. The number of hydrogen-bond donors (Lipinski definition) is 0. The average molecular weight is 570 g/mol. The fourth-order valence-electron chi connectivity index (χ4n) is 4.33. The van der Waals surface area contributed by atoms with Crippen LogP contribution in [0.3, 0.4) is 0 Å². The molecule has 0 saturated carbocycles. The average Bonchev–Trinajstić information content (AvgIpc) is 3.41. The molecular weight excluding hydrogens is 549 g/mol. The SMILES string of the molecule is COc1cc(C=Nn2c(-c3cc4ccccc4o3)nc3ccccc3c2=O)cc(Cl)c1OCc1ccccc1Cl. The van der Waals surface area contributed by atoms with E-state index < -0.39 is 0 Å². The molecule has 0 amide bonds. The van der Waals surface area contributed by atoms with Crippen LogP contribution in [0, 0.1) is 0 Å². The largest absolute Gasteiger partial charge is 0.493 e. The van der Waals surface area contributed by atoms with E-state index in [1.54, 1.807) is 36.4 Å². The Hall–Kier alpha value is -4.59. The minimum atomic E-state index is -0.338. The Kier molecular flexibility index (Phi) is 6.99. The van der Waals surface area contributed by atoms with E-state index in [2.05, 4.69) is 5.10 Å². The van der Waals surface area contributed by atoms with Crippen molar-refractivity contribution >= 4 is 51.3 Å². The molecule has 0 spiro atoms. The maximum Gasteiger partial charge on any atom is 0.282 e. The first-order chi connectivity index (χ1) is 19.5. The predicted octanol–water partition coefficient (Wildman–Crippen LogP) is 7.59. The molecule has 0 aliphatic rings. The van der Waals surface area contributed by atoms with Gasteiger partial charge in [-0.15, -0.1) is 0 Å². The highest BCUT2D eigenvalue weighted by Gasteiger charge is 2.17. The van der Waals surface area contributed by atoms with Crippen LogP contribution >= 0.6 is 23.2 Å². The van der Waals surface area contributed by atoms with Crippen molar-refractivity contribution in [3.8, 4) is 23.1 Å².